The smallest absolute Gasteiger partial charge is 0.0391 e. The van der Waals surface area contributed by atoms with E-state index >= 15 is 0 Å². The first-order valence-electron chi connectivity index (χ1n) is 7.55. The highest BCUT2D eigenvalue weighted by Gasteiger charge is 2.24. The average molecular weight is 264 g/mol. The zero-order valence-corrected chi connectivity index (χ0v) is 11.7. The minimum Gasteiger partial charge on any atom is -0.398 e. The summed E-state index contributed by atoms with van der Waals surface area (Å²) in [4.78, 5) is 0. The number of nitrogens with two attached hydrogens (primary N) is 1. The number of piperidine rings is 1. The molecule has 2 nitrogen and oxygen atoms in total. The molecule has 0 radical (unpaired) electrons. The van der Waals surface area contributed by atoms with Crippen molar-refractivity contribution in [2.75, 3.05) is 18.8 Å². The fraction of sp³-hybridized carbons (Fsp3) is 0.333. The van der Waals surface area contributed by atoms with Crippen LogP contribution in [0.25, 0.3) is 11.1 Å². The van der Waals surface area contributed by atoms with Gasteiger partial charge in [0.15, 0.2) is 0 Å². The summed E-state index contributed by atoms with van der Waals surface area (Å²) >= 11 is 0. The van der Waals surface area contributed by atoms with Crippen molar-refractivity contribution in [2.24, 2.45) is 0 Å². The quantitative estimate of drug-likeness (QED) is 0.662. The van der Waals surface area contributed by atoms with Gasteiger partial charge >= 0.3 is 0 Å². The number of nitrogen functional groups attached to an aromatic ring is 1. The Morgan fingerprint density at radius 2 is 1.75 bits per heavy atom. The predicted molar refractivity (Wildman–Crippen MR) is 83.9 cm³/mol. The molecule has 102 valence electrons. The van der Waals surface area contributed by atoms with Gasteiger partial charge in [0.25, 0.3) is 0 Å². The van der Waals surface area contributed by atoms with Crippen LogP contribution < -0.4 is 11.1 Å². The van der Waals surface area contributed by atoms with E-state index < -0.39 is 0 Å². The van der Waals surface area contributed by atoms with Gasteiger partial charge in [-0.2, -0.15) is 0 Å². The maximum absolute atomic E-state index is 6.52. The van der Waals surface area contributed by atoms with E-state index in [2.05, 4.69) is 41.7 Å². The molecule has 1 saturated heterocycles. The minimum absolute atomic E-state index is 0.630. The highest BCUT2D eigenvalue weighted by atomic mass is 14.9. The van der Waals surface area contributed by atoms with E-state index in [1.807, 2.05) is 0 Å². The molecule has 1 fully saturated rings. The van der Waals surface area contributed by atoms with Crippen molar-refractivity contribution in [3.63, 3.8) is 0 Å². The summed E-state index contributed by atoms with van der Waals surface area (Å²) in [7, 11) is 0. The van der Waals surface area contributed by atoms with Gasteiger partial charge in [-0.05, 0) is 59.7 Å². The lowest BCUT2D eigenvalue weighted by molar-refractivity contribution is 0.461. The maximum Gasteiger partial charge on any atom is 0.0391 e. The SMILES string of the molecule is Nc1c(C2CCNCC2)ccc2c1Cc1ccccc1-2. The molecule has 2 aromatic rings. The number of hydrogen-bond donors (Lipinski definition) is 2. The van der Waals surface area contributed by atoms with Crippen LogP contribution in [0.4, 0.5) is 5.69 Å². The first kappa shape index (κ1) is 12.0. The summed E-state index contributed by atoms with van der Waals surface area (Å²) in [5, 5.41) is 3.43. The van der Waals surface area contributed by atoms with E-state index in [0.29, 0.717) is 5.92 Å². The van der Waals surface area contributed by atoms with Gasteiger partial charge < -0.3 is 11.1 Å². The lowest BCUT2D eigenvalue weighted by Gasteiger charge is -2.25. The third-order valence-corrected chi connectivity index (χ3v) is 4.84. The van der Waals surface area contributed by atoms with Gasteiger partial charge in [-0.15, -0.1) is 0 Å². The minimum atomic E-state index is 0.630. The highest BCUT2D eigenvalue weighted by molar-refractivity contribution is 5.82. The fourth-order valence-corrected chi connectivity index (χ4v) is 3.74. The summed E-state index contributed by atoms with van der Waals surface area (Å²) in [5.74, 6) is 0.630. The van der Waals surface area contributed by atoms with Gasteiger partial charge in [0.05, 0.1) is 0 Å². The van der Waals surface area contributed by atoms with Crippen LogP contribution in [0.1, 0.15) is 35.4 Å². The Labute approximate surface area is 120 Å². The highest BCUT2D eigenvalue weighted by Crippen LogP contribution is 2.43. The molecule has 1 heterocycles. The van der Waals surface area contributed by atoms with Crippen molar-refractivity contribution < 1.29 is 0 Å². The first-order valence-corrected chi connectivity index (χ1v) is 7.55. The van der Waals surface area contributed by atoms with Gasteiger partial charge in [0.1, 0.15) is 0 Å². The Morgan fingerprint density at radius 1 is 0.950 bits per heavy atom. The molecule has 0 unspecified atom stereocenters. The average Bonchev–Trinajstić information content (AvgIpc) is 2.88. The Bertz CT molecular complexity index is 654. The summed E-state index contributed by atoms with van der Waals surface area (Å²) < 4.78 is 0. The van der Waals surface area contributed by atoms with Crippen molar-refractivity contribution in [3.05, 3.63) is 53.1 Å². The molecule has 1 aliphatic heterocycles. The van der Waals surface area contributed by atoms with Crippen LogP contribution in [0.3, 0.4) is 0 Å². The molecule has 0 saturated carbocycles. The largest absolute Gasteiger partial charge is 0.398 e. The molecule has 0 amide bonds. The van der Waals surface area contributed by atoms with Crippen LogP contribution in [0, 0.1) is 0 Å². The number of rotatable bonds is 1. The summed E-state index contributed by atoms with van der Waals surface area (Å²) in [6.45, 7) is 2.23. The number of anilines is 1. The first-order chi connectivity index (χ1) is 9.84. The number of hydrogen-bond acceptors (Lipinski definition) is 2. The van der Waals surface area contributed by atoms with Crippen molar-refractivity contribution >= 4 is 5.69 Å². The van der Waals surface area contributed by atoms with E-state index in [4.69, 9.17) is 5.73 Å². The van der Waals surface area contributed by atoms with Gasteiger partial charge in [-0.1, -0.05) is 36.4 Å². The normalized spacial score (nSPS) is 17.8. The zero-order chi connectivity index (χ0) is 13.5. The Morgan fingerprint density at radius 3 is 2.60 bits per heavy atom. The van der Waals surface area contributed by atoms with Crippen LogP contribution >= 0.6 is 0 Å². The Balaban J connectivity index is 1.78. The van der Waals surface area contributed by atoms with E-state index in [0.717, 1.165) is 25.2 Å². The number of nitrogens with one attached hydrogen (secondary N) is 1. The summed E-state index contributed by atoms with van der Waals surface area (Å²) in [5.41, 5.74) is 14.4. The molecule has 2 heteroatoms. The molecular weight excluding hydrogens is 244 g/mol. The van der Waals surface area contributed by atoms with Gasteiger partial charge in [-0.25, -0.2) is 0 Å². The van der Waals surface area contributed by atoms with E-state index in [1.165, 1.54) is 40.7 Å². The lowest BCUT2D eigenvalue weighted by Crippen LogP contribution is -2.27. The molecule has 4 rings (SSSR count). The third kappa shape index (κ3) is 1.75. The second kappa shape index (κ2) is 4.64. The molecule has 2 aromatic carbocycles. The van der Waals surface area contributed by atoms with Crippen molar-refractivity contribution in [3.8, 4) is 11.1 Å². The van der Waals surface area contributed by atoms with E-state index in [9.17, 15) is 0 Å². The molecule has 20 heavy (non-hydrogen) atoms. The standard InChI is InChI=1S/C18H20N2/c19-18-15(12-7-9-20-10-8-12)5-6-16-14-4-2-1-3-13(14)11-17(16)18/h1-6,12,20H,7-11,19H2. The monoisotopic (exact) mass is 264 g/mol. The topological polar surface area (TPSA) is 38.0 Å². The van der Waals surface area contributed by atoms with Crippen molar-refractivity contribution in [1.29, 1.82) is 0 Å². The van der Waals surface area contributed by atoms with E-state index in [-0.39, 0.29) is 0 Å². The molecule has 0 atom stereocenters. The number of fused-ring (bicyclic) bond motifs is 3. The summed E-state index contributed by atoms with van der Waals surface area (Å²) in [6, 6.07) is 13.2. The predicted octanol–water partition coefficient (Wildman–Crippen LogP) is 3.31. The molecule has 0 bridgehead atoms. The second-order valence-corrected chi connectivity index (χ2v) is 5.95. The molecular formula is C18H20N2. The Kier molecular flexibility index (Phi) is 2.78. The van der Waals surface area contributed by atoms with Crippen molar-refractivity contribution in [2.45, 2.75) is 25.2 Å². The summed E-state index contributed by atoms with van der Waals surface area (Å²) in [6.07, 6.45) is 3.40. The van der Waals surface area contributed by atoms with Crippen LogP contribution in [0.15, 0.2) is 36.4 Å². The van der Waals surface area contributed by atoms with Gasteiger partial charge in [0.2, 0.25) is 0 Å². The van der Waals surface area contributed by atoms with E-state index in [1.54, 1.807) is 0 Å². The van der Waals surface area contributed by atoms with Crippen LogP contribution in [-0.2, 0) is 6.42 Å². The molecule has 1 aliphatic carbocycles. The van der Waals surface area contributed by atoms with Crippen LogP contribution in [0.2, 0.25) is 0 Å². The second-order valence-electron chi connectivity index (χ2n) is 5.95. The van der Waals surface area contributed by atoms with Gasteiger partial charge in [-0.3, -0.25) is 0 Å². The number of benzene rings is 2. The molecule has 0 aromatic heterocycles. The van der Waals surface area contributed by atoms with Crippen LogP contribution in [0.5, 0.6) is 0 Å². The van der Waals surface area contributed by atoms with Gasteiger partial charge in [0, 0.05) is 12.1 Å². The third-order valence-electron chi connectivity index (χ3n) is 4.84. The maximum atomic E-state index is 6.52. The Hall–Kier alpha value is -1.80. The zero-order valence-electron chi connectivity index (χ0n) is 11.7. The van der Waals surface area contributed by atoms with Crippen LogP contribution in [-0.4, -0.2) is 13.1 Å². The van der Waals surface area contributed by atoms with Crippen molar-refractivity contribution in [1.82, 2.24) is 5.32 Å². The molecule has 3 N–H and O–H groups in total. The molecule has 0 spiro atoms. The molecule has 2 aliphatic rings. The lowest BCUT2D eigenvalue weighted by atomic mass is 9.86. The fourth-order valence-electron chi connectivity index (χ4n) is 3.74.